The monoisotopic (exact) mass is 285 g/mol. The third kappa shape index (κ3) is 3.95. The highest BCUT2D eigenvalue weighted by Crippen LogP contribution is 2.27. The van der Waals surface area contributed by atoms with Crippen LogP contribution in [0.3, 0.4) is 0 Å². The first kappa shape index (κ1) is 14.4. The average Bonchev–Trinajstić information content (AvgIpc) is 2.39. The van der Waals surface area contributed by atoms with E-state index in [1.807, 2.05) is 0 Å². The first-order valence-corrected chi connectivity index (χ1v) is 8.19. The van der Waals surface area contributed by atoms with Crippen LogP contribution in [-0.2, 0) is 10.0 Å². The molecule has 1 N–H and O–H groups in total. The van der Waals surface area contributed by atoms with Crippen LogP contribution >= 0.6 is 0 Å². The van der Waals surface area contributed by atoms with Crippen LogP contribution in [0.25, 0.3) is 0 Å². The van der Waals surface area contributed by atoms with E-state index in [0.29, 0.717) is 25.1 Å². The summed E-state index contributed by atoms with van der Waals surface area (Å²) in [5.41, 5.74) is 0.680. The van der Waals surface area contributed by atoms with E-state index < -0.39 is 16.1 Å². The summed E-state index contributed by atoms with van der Waals surface area (Å²) in [5, 5.41) is 10.1. The number of nitrogens with zero attached hydrogens (tertiary/aromatic N) is 3. The number of aromatic nitrogens is 2. The second-order valence-electron chi connectivity index (χ2n) is 5.05. The van der Waals surface area contributed by atoms with Crippen LogP contribution in [0.1, 0.15) is 30.9 Å². The molecule has 0 aromatic carbocycles. The number of hydrogen-bond donors (Lipinski definition) is 1. The Hall–Kier alpha value is -1.05. The van der Waals surface area contributed by atoms with Crippen molar-refractivity contribution in [1.29, 1.82) is 0 Å². The van der Waals surface area contributed by atoms with E-state index in [4.69, 9.17) is 0 Å². The van der Waals surface area contributed by atoms with Crippen LogP contribution in [0.2, 0.25) is 0 Å². The lowest BCUT2D eigenvalue weighted by molar-refractivity contribution is 0.122. The number of aliphatic hydroxyl groups is 1. The standard InChI is InChI=1S/C12H19N3O3S/c1-19(17,18)15-4-2-3-10(8-15)5-12(16)11-6-13-9-14-7-11/h6-7,9-10,12,16H,2-5,8H2,1H3. The highest BCUT2D eigenvalue weighted by molar-refractivity contribution is 7.88. The molecule has 6 nitrogen and oxygen atoms in total. The van der Waals surface area contributed by atoms with E-state index in [0.717, 1.165) is 12.8 Å². The van der Waals surface area contributed by atoms with Crippen LogP contribution in [0.15, 0.2) is 18.7 Å². The van der Waals surface area contributed by atoms with Crippen molar-refractivity contribution in [3.05, 3.63) is 24.3 Å². The van der Waals surface area contributed by atoms with Gasteiger partial charge in [-0.2, -0.15) is 0 Å². The Morgan fingerprint density at radius 2 is 2.16 bits per heavy atom. The van der Waals surface area contributed by atoms with Crippen molar-refractivity contribution in [3.63, 3.8) is 0 Å². The molecule has 1 aliphatic rings. The average molecular weight is 285 g/mol. The Morgan fingerprint density at radius 1 is 1.47 bits per heavy atom. The van der Waals surface area contributed by atoms with Gasteiger partial charge in [0.15, 0.2) is 0 Å². The zero-order chi connectivity index (χ0) is 13.9. The van der Waals surface area contributed by atoms with Gasteiger partial charge in [-0.1, -0.05) is 0 Å². The van der Waals surface area contributed by atoms with E-state index in [9.17, 15) is 13.5 Å². The normalized spacial score (nSPS) is 23.2. The molecule has 1 aromatic heterocycles. The predicted molar refractivity (Wildman–Crippen MR) is 70.7 cm³/mol. The smallest absolute Gasteiger partial charge is 0.211 e. The largest absolute Gasteiger partial charge is 0.388 e. The minimum absolute atomic E-state index is 0.179. The summed E-state index contributed by atoms with van der Waals surface area (Å²) in [7, 11) is -3.13. The molecule has 1 saturated heterocycles. The number of piperidine rings is 1. The van der Waals surface area contributed by atoms with Crippen molar-refractivity contribution < 1.29 is 13.5 Å². The molecule has 0 aliphatic carbocycles. The molecule has 106 valence electrons. The highest BCUT2D eigenvalue weighted by atomic mass is 32.2. The maximum absolute atomic E-state index is 11.5. The van der Waals surface area contributed by atoms with Gasteiger partial charge in [-0.15, -0.1) is 0 Å². The van der Waals surface area contributed by atoms with Crippen LogP contribution < -0.4 is 0 Å². The zero-order valence-corrected chi connectivity index (χ0v) is 11.8. The predicted octanol–water partition coefficient (Wildman–Crippen LogP) is 0.572. The third-order valence-corrected chi connectivity index (χ3v) is 4.74. The number of hydrogen-bond acceptors (Lipinski definition) is 5. The van der Waals surface area contributed by atoms with Crippen molar-refractivity contribution in [2.24, 2.45) is 5.92 Å². The molecule has 2 heterocycles. The van der Waals surface area contributed by atoms with Gasteiger partial charge in [0.2, 0.25) is 10.0 Å². The maximum Gasteiger partial charge on any atom is 0.211 e. The van der Waals surface area contributed by atoms with Gasteiger partial charge < -0.3 is 5.11 Å². The molecule has 2 unspecified atom stereocenters. The molecule has 0 saturated carbocycles. The minimum atomic E-state index is -3.13. The Bertz CT molecular complexity index is 506. The van der Waals surface area contributed by atoms with Crippen molar-refractivity contribution >= 4 is 10.0 Å². The lowest BCUT2D eigenvalue weighted by Gasteiger charge is -2.31. The van der Waals surface area contributed by atoms with E-state index >= 15 is 0 Å². The summed E-state index contributed by atoms with van der Waals surface area (Å²) in [4.78, 5) is 7.75. The van der Waals surface area contributed by atoms with Gasteiger partial charge in [0.25, 0.3) is 0 Å². The SMILES string of the molecule is CS(=O)(=O)N1CCCC(CC(O)c2cncnc2)C1. The van der Waals surface area contributed by atoms with Gasteiger partial charge >= 0.3 is 0 Å². The molecule has 0 bridgehead atoms. The first-order chi connectivity index (χ1) is 8.97. The molecule has 0 radical (unpaired) electrons. The van der Waals surface area contributed by atoms with E-state index in [1.54, 1.807) is 12.4 Å². The van der Waals surface area contributed by atoms with Crippen LogP contribution in [0.4, 0.5) is 0 Å². The maximum atomic E-state index is 11.5. The summed E-state index contributed by atoms with van der Waals surface area (Å²) in [6.45, 7) is 1.07. The summed E-state index contributed by atoms with van der Waals surface area (Å²) in [5.74, 6) is 0.179. The Kier molecular flexibility index (Phi) is 4.49. The Morgan fingerprint density at radius 3 is 2.79 bits per heavy atom. The van der Waals surface area contributed by atoms with E-state index in [1.165, 1.54) is 16.9 Å². The molecule has 0 amide bonds. The molecule has 1 fully saturated rings. The molecular weight excluding hydrogens is 266 g/mol. The van der Waals surface area contributed by atoms with Gasteiger partial charge in [0.05, 0.1) is 12.4 Å². The van der Waals surface area contributed by atoms with Gasteiger partial charge in [-0.25, -0.2) is 22.7 Å². The highest BCUT2D eigenvalue weighted by Gasteiger charge is 2.27. The van der Waals surface area contributed by atoms with Gasteiger partial charge in [-0.05, 0) is 25.2 Å². The second-order valence-corrected chi connectivity index (χ2v) is 7.04. The molecule has 1 aliphatic heterocycles. The summed E-state index contributed by atoms with van der Waals surface area (Å²) < 4.78 is 24.6. The van der Waals surface area contributed by atoms with E-state index in [-0.39, 0.29) is 5.92 Å². The fourth-order valence-electron chi connectivity index (χ4n) is 2.45. The van der Waals surface area contributed by atoms with Crippen molar-refractivity contribution in [2.45, 2.75) is 25.4 Å². The summed E-state index contributed by atoms with van der Waals surface area (Å²) in [6.07, 6.45) is 7.53. The molecule has 1 aromatic rings. The van der Waals surface area contributed by atoms with Gasteiger partial charge in [0, 0.05) is 31.0 Å². The quantitative estimate of drug-likeness (QED) is 0.874. The Balaban J connectivity index is 1.96. The Labute approximate surface area is 113 Å². The van der Waals surface area contributed by atoms with E-state index in [2.05, 4.69) is 9.97 Å². The van der Waals surface area contributed by atoms with Crippen molar-refractivity contribution in [1.82, 2.24) is 14.3 Å². The van der Waals surface area contributed by atoms with Crippen LogP contribution in [0.5, 0.6) is 0 Å². The molecule has 0 spiro atoms. The third-order valence-electron chi connectivity index (χ3n) is 3.47. The fourth-order valence-corrected chi connectivity index (χ4v) is 3.40. The molecule has 7 heteroatoms. The first-order valence-electron chi connectivity index (χ1n) is 6.35. The minimum Gasteiger partial charge on any atom is -0.388 e. The lowest BCUT2D eigenvalue weighted by atomic mass is 9.92. The van der Waals surface area contributed by atoms with Crippen molar-refractivity contribution in [2.75, 3.05) is 19.3 Å². The molecule has 2 rings (SSSR count). The number of sulfonamides is 1. The summed E-state index contributed by atoms with van der Waals surface area (Å²) >= 11 is 0. The molecule has 2 atom stereocenters. The molecule has 19 heavy (non-hydrogen) atoms. The number of rotatable bonds is 4. The van der Waals surface area contributed by atoms with Crippen LogP contribution in [-0.4, -0.2) is 47.1 Å². The van der Waals surface area contributed by atoms with Crippen LogP contribution in [0, 0.1) is 5.92 Å². The fraction of sp³-hybridized carbons (Fsp3) is 0.667. The lowest BCUT2D eigenvalue weighted by Crippen LogP contribution is -2.39. The topological polar surface area (TPSA) is 83.4 Å². The van der Waals surface area contributed by atoms with Crippen molar-refractivity contribution in [3.8, 4) is 0 Å². The van der Waals surface area contributed by atoms with Gasteiger partial charge in [0.1, 0.15) is 6.33 Å². The zero-order valence-electron chi connectivity index (χ0n) is 10.9. The number of aliphatic hydroxyl groups excluding tert-OH is 1. The second kappa shape index (κ2) is 5.94. The molecular formula is C12H19N3O3S. The van der Waals surface area contributed by atoms with Gasteiger partial charge in [-0.3, -0.25) is 0 Å². The summed E-state index contributed by atoms with van der Waals surface area (Å²) in [6, 6.07) is 0.